The number of hydrogen-bond acceptors (Lipinski definition) is 7. The summed E-state index contributed by atoms with van der Waals surface area (Å²) in [5, 5.41) is 5.48. The summed E-state index contributed by atoms with van der Waals surface area (Å²) in [6.45, 7) is 0.751. The molecule has 0 spiro atoms. The van der Waals surface area contributed by atoms with Crippen molar-refractivity contribution in [3.05, 3.63) is 47.8 Å². The zero-order valence-electron chi connectivity index (χ0n) is 13.5. The number of hydrogen-bond donors (Lipinski definition) is 3. The third-order valence-electron chi connectivity index (χ3n) is 3.64. The fraction of sp³-hybridized carbons (Fsp3) is 0.118. The summed E-state index contributed by atoms with van der Waals surface area (Å²) >= 11 is 0. The molecule has 9 heteroatoms. The van der Waals surface area contributed by atoms with Crippen molar-refractivity contribution in [3.63, 3.8) is 0 Å². The molecule has 0 fully saturated rings. The molecule has 0 aliphatic heterocycles. The van der Waals surface area contributed by atoms with Gasteiger partial charge in [-0.1, -0.05) is 0 Å². The van der Waals surface area contributed by atoms with Gasteiger partial charge in [-0.3, -0.25) is 10.1 Å². The standard InChI is InChI=1S/C17H14FN5O3/c18-10-2-4-14-12(8-10)22-17(26-14)23-16-21-11-7-9(1-3-13(11)25-16)15(24)20-6-5-19/h1-4,7-8H,5-6,19H2,(H,20,24)(H,21,22,23). The van der Waals surface area contributed by atoms with Crippen molar-refractivity contribution < 1.29 is 18.0 Å². The van der Waals surface area contributed by atoms with Gasteiger partial charge in [0, 0.05) is 24.7 Å². The van der Waals surface area contributed by atoms with Crippen LogP contribution in [-0.2, 0) is 0 Å². The van der Waals surface area contributed by atoms with Gasteiger partial charge in [-0.05, 0) is 30.3 Å². The number of oxazole rings is 2. The van der Waals surface area contributed by atoms with E-state index < -0.39 is 5.82 Å². The maximum atomic E-state index is 13.2. The first-order chi connectivity index (χ1) is 12.6. The van der Waals surface area contributed by atoms with E-state index in [9.17, 15) is 9.18 Å². The Morgan fingerprint density at radius 2 is 1.69 bits per heavy atom. The summed E-state index contributed by atoms with van der Waals surface area (Å²) < 4.78 is 24.2. The summed E-state index contributed by atoms with van der Waals surface area (Å²) in [6.07, 6.45) is 0. The maximum Gasteiger partial charge on any atom is 0.303 e. The van der Waals surface area contributed by atoms with Crippen molar-refractivity contribution in [1.29, 1.82) is 0 Å². The smallest absolute Gasteiger partial charge is 0.303 e. The first-order valence-corrected chi connectivity index (χ1v) is 7.84. The summed E-state index contributed by atoms with van der Waals surface area (Å²) in [5.74, 6) is -0.643. The molecule has 132 valence electrons. The summed E-state index contributed by atoms with van der Waals surface area (Å²) in [4.78, 5) is 20.4. The van der Waals surface area contributed by atoms with Crippen molar-refractivity contribution in [2.75, 3.05) is 18.4 Å². The van der Waals surface area contributed by atoms with Crippen LogP contribution in [0.4, 0.5) is 16.4 Å². The maximum absolute atomic E-state index is 13.2. The topological polar surface area (TPSA) is 119 Å². The average molecular weight is 355 g/mol. The van der Waals surface area contributed by atoms with Crippen LogP contribution in [0.15, 0.2) is 45.2 Å². The first-order valence-electron chi connectivity index (χ1n) is 7.84. The van der Waals surface area contributed by atoms with Crippen molar-refractivity contribution >= 4 is 40.1 Å². The van der Waals surface area contributed by atoms with E-state index in [2.05, 4.69) is 20.6 Å². The lowest BCUT2D eigenvalue weighted by atomic mass is 10.2. The van der Waals surface area contributed by atoms with Crippen LogP contribution in [0.25, 0.3) is 22.2 Å². The molecule has 1 amide bonds. The van der Waals surface area contributed by atoms with Crippen LogP contribution in [-0.4, -0.2) is 29.0 Å². The van der Waals surface area contributed by atoms with Gasteiger partial charge in [0.1, 0.15) is 16.9 Å². The van der Waals surface area contributed by atoms with Crippen LogP contribution < -0.4 is 16.4 Å². The molecule has 4 rings (SSSR count). The van der Waals surface area contributed by atoms with E-state index in [-0.39, 0.29) is 17.9 Å². The Morgan fingerprint density at radius 1 is 1.04 bits per heavy atom. The number of nitrogens with zero attached hydrogens (tertiary/aromatic N) is 2. The van der Waals surface area contributed by atoms with Crippen LogP contribution >= 0.6 is 0 Å². The highest BCUT2D eigenvalue weighted by Gasteiger charge is 2.13. The van der Waals surface area contributed by atoms with Gasteiger partial charge >= 0.3 is 12.0 Å². The second kappa shape index (κ2) is 6.45. The molecule has 8 nitrogen and oxygen atoms in total. The molecule has 0 aliphatic rings. The largest absolute Gasteiger partial charge is 0.423 e. The molecule has 0 radical (unpaired) electrons. The molecule has 2 heterocycles. The highest BCUT2D eigenvalue weighted by Crippen LogP contribution is 2.25. The van der Waals surface area contributed by atoms with E-state index in [4.69, 9.17) is 14.6 Å². The Morgan fingerprint density at radius 3 is 2.38 bits per heavy atom. The third-order valence-corrected chi connectivity index (χ3v) is 3.64. The number of halogens is 1. The Kier molecular flexibility index (Phi) is 3.98. The molecule has 0 saturated heterocycles. The zero-order valence-corrected chi connectivity index (χ0v) is 13.5. The van der Waals surface area contributed by atoms with Crippen LogP contribution in [0.3, 0.4) is 0 Å². The van der Waals surface area contributed by atoms with E-state index in [0.717, 1.165) is 0 Å². The highest BCUT2D eigenvalue weighted by atomic mass is 19.1. The van der Waals surface area contributed by atoms with Crippen LogP contribution in [0, 0.1) is 5.82 Å². The predicted octanol–water partition coefficient (Wildman–Crippen LogP) is 2.54. The van der Waals surface area contributed by atoms with Crippen LogP contribution in [0.2, 0.25) is 0 Å². The van der Waals surface area contributed by atoms with E-state index in [0.29, 0.717) is 40.9 Å². The molecular formula is C17H14FN5O3. The monoisotopic (exact) mass is 355 g/mol. The molecule has 0 atom stereocenters. The van der Waals surface area contributed by atoms with Crippen LogP contribution in [0.1, 0.15) is 10.4 Å². The minimum Gasteiger partial charge on any atom is -0.423 e. The number of carbonyl (C=O) groups is 1. The molecule has 0 aliphatic carbocycles. The van der Waals surface area contributed by atoms with Gasteiger partial charge in [-0.2, -0.15) is 9.97 Å². The molecule has 26 heavy (non-hydrogen) atoms. The first kappa shape index (κ1) is 16.0. The van der Waals surface area contributed by atoms with Gasteiger partial charge in [0.25, 0.3) is 5.91 Å². The summed E-state index contributed by atoms with van der Waals surface area (Å²) in [6, 6.07) is 9.19. The fourth-order valence-electron chi connectivity index (χ4n) is 2.46. The Bertz CT molecular complexity index is 1100. The minimum atomic E-state index is -0.403. The number of benzene rings is 2. The lowest BCUT2D eigenvalue weighted by Gasteiger charge is -2.02. The van der Waals surface area contributed by atoms with Gasteiger partial charge in [-0.15, -0.1) is 0 Å². The normalized spacial score (nSPS) is 11.2. The molecule has 0 unspecified atom stereocenters. The second-order valence-corrected chi connectivity index (χ2v) is 5.50. The minimum absolute atomic E-state index is 0.123. The molecular weight excluding hydrogens is 341 g/mol. The van der Waals surface area contributed by atoms with Crippen molar-refractivity contribution in [3.8, 4) is 0 Å². The van der Waals surface area contributed by atoms with Crippen LogP contribution in [0.5, 0.6) is 0 Å². The zero-order chi connectivity index (χ0) is 18.1. The van der Waals surface area contributed by atoms with Gasteiger partial charge < -0.3 is 19.9 Å². The van der Waals surface area contributed by atoms with Crippen molar-refractivity contribution in [2.24, 2.45) is 5.73 Å². The Hall–Kier alpha value is -3.46. The Labute approximate surface area is 146 Å². The number of nitrogens with one attached hydrogen (secondary N) is 2. The molecule has 2 aromatic heterocycles. The number of nitrogens with two attached hydrogens (primary N) is 1. The van der Waals surface area contributed by atoms with Gasteiger partial charge in [0.05, 0.1) is 0 Å². The molecule has 0 bridgehead atoms. The number of rotatable bonds is 5. The quantitative estimate of drug-likeness (QED) is 0.503. The lowest BCUT2D eigenvalue weighted by Crippen LogP contribution is -2.28. The molecule has 2 aromatic carbocycles. The number of aromatic nitrogens is 2. The number of amides is 1. The lowest BCUT2D eigenvalue weighted by molar-refractivity contribution is 0.0955. The number of fused-ring (bicyclic) bond motifs is 2. The highest BCUT2D eigenvalue weighted by molar-refractivity contribution is 5.97. The molecule has 4 N–H and O–H groups in total. The van der Waals surface area contributed by atoms with E-state index >= 15 is 0 Å². The van der Waals surface area contributed by atoms with Crippen molar-refractivity contribution in [1.82, 2.24) is 15.3 Å². The summed E-state index contributed by atoms with van der Waals surface area (Å²) in [7, 11) is 0. The number of anilines is 2. The van der Waals surface area contributed by atoms with Crippen molar-refractivity contribution in [2.45, 2.75) is 0 Å². The second-order valence-electron chi connectivity index (χ2n) is 5.50. The Balaban J connectivity index is 1.59. The fourth-order valence-corrected chi connectivity index (χ4v) is 2.46. The average Bonchev–Trinajstić information content (AvgIpc) is 3.21. The number of carbonyl (C=O) groups excluding carboxylic acids is 1. The predicted molar refractivity (Wildman–Crippen MR) is 92.6 cm³/mol. The van der Waals surface area contributed by atoms with Gasteiger partial charge in [0.15, 0.2) is 11.2 Å². The van der Waals surface area contributed by atoms with Gasteiger partial charge in [-0.25, -0.2) is 4.39 Å². The molecule has 0 saturated carbocycles. The SMILES string of the molecule is NCCNC(=O)c1ccc2oc(Nc3nc4cc(F)ccc4o3)nc2c1. The summed E-state index contributed by atoms with van der Waals surface area (Å²) in [5.41, 5.74) is 7.62. The van der Waals surface area contributed by atoms with E-state index in [1.165, 1.54) is 18.2 Å². The van der Waals surface area contributed by atoms with E-state index in [1.807, 2.05) is 0 Å². The molecule has 4 aromatic rings. The van der Waals surface area contributed by atoms with E-state index in [1.54, 1.807) is 18.2 Å². The third kappa shape index (κ3) is 3.07. The van der Waals surface area contributed by atoms with Gasteiger partial charge in [0.2, 0.25) is 0 Å².